The molecule has 5 nitrogen and oxygen atoms in total. The van der Waals surface area contributed by atoms with Crippen LogP contribution in [0.25, 0.3) is 0 Å². The molecule has 1 atom stereocenters. The first-order valence-electron chi connectivity index (χ1n) is 9.27. The molecule has 4 rings (SSSR count). The highest BCUT2D eigenvalue weighted by Gasteiger charge is 2.57. The minimum Gasteiger partial charge on any atom is -0.430 e. The molecule has 0 bridgehead atoms. The van der Waals surface area contributed by atoms with E-state index in [0.717, 1.165) is 0 Å². The van der Waals surface area contributed by atoms with Crippen molar-refractivity contribution in [1.82, 2.24) is 4.90 Å². The molecule has 30 heavy (non-hydrogen) atoms. The van der Waals surface area contributed by atoms with Gasteiger partial charge in [0.05, 0.1) is 0 Å². The van der Waals surface area contributed by atoms with E-state index in [1.165, 1.54) is 41.3 Å². The lowest BCUT2D eigenvalue weighted by Crippen LogP contribution is -2.41. The van der Waals surface area contributed by atoms with Gasteiger partial charge in [-0.05, 0) is 29.8 Å². The van der Waals surface area contributed by atoms with E-state index in [4.69, 9.17) is 10.5 Å². The van der Waals surface area contributed by atoms with Gasteiger partial charge in [0.15, 0.2) is 5.60 Å². The van der Waals surface area contributed by atoms with Crippen LogP contribution in [0.15, 0.2) is 78.9 Å². The van der Waals surface area contributed by atoms with Gasteiger partial charge >= 0.3 is 6.09 Å². The molecule has 0 saturated carbocycles. The van der Waals surface area contributed by atoms with Gasteiger partial charge in [-0.15, -0.1) is 0 Å². The van der Waals surface area contributed by atoms with Crippen molar-refractivity contribution in [3.63, 3.8) is 0 Å². The molecule has 152 valence electrons. The molecule has 1 fully saturated rings. The minimum atomic E-state index is -1.60. The van der Waals surface area contributed by atoms with Crippen LogP contribution in [0.5, 0.6) is 0 Å². The zero-order valence-corrected chi connectivity index (χ0v) is 15.8. The lowest BCUT2D eigenvalue weighted by molar-refractivity contribution is -0.118. The largest absolute Gasteiger partial charge is 0.430 e. The average Bonchev–Trinajstić information content (AvgIpc) is 3.01. The third kappa shape index (κ3) is 3.28. The summed E-state index contributed by atoms with van der Waals surface area (Å²) in [6.07, 6.45) is -0.809. The maximum absolute atomic E-state index is 14.2. The summed E-state index contributed by atoms with van der Waals surface area (Å²) in [7, 11) is 0. The van der Waals surface area contributed by atoms with Crippen LogP contribution < -0.4 is 5.73 Å². The van der Waals surface area contributed by atoms with Crippen molar-refractivity contribution < 1.29 is 23.1 Å². The number of ether oxygens (including phenoxy) is 1. The van der Waals surface area contributed by atoms with E-state index in [0.29, 0.717) is 16.7 Å². The van der Waals surface area contributed by atoms with Gasteiger partial charge in [-0.25, -0.2) is 13.6 Å². The number of hydrogen-bond acceptors (Lipinski definition) is 3. The number of cyclic esters (lactones) is 1. The first-order valence-corrected chi connectivity index (χ1v) is 9.27. The Labute approximate surface area is 171 Å². The van der Waals surface area contributed by atoms with Gasteiger partial charge in [-0.1, -0.05) is 54.6 Å². The van der Waals surface area contributed by atoms with E-state index < -0.39 is 41.8 Å². The molecule has 0 unspecified atom stereocenters. The van der Waals surface area contributed by atoms with Crippen molar-refractivity contribution in [2.24, 2.45) is 5.73 Å². The van der Waals surface area contributed by atoms with Crippen LogP contribution in [0, 0.1) is 11.6 Å². The van der Waals surface area contributed by atoms with Crippen LogP contribution in [0.1, 0.15) is 22.7 Å². The summed E-state index contributed by atoms with van der Waals surface area (Å²) in [5.41, 5.74) is 5.02. The topological polar surface area (TPSA) is 72.6 Å². The molecule has 2 amide bonds. The predicted molar refractivity (Wildman–Crippen MR) is 105 cm³/mol. The van der Waals surface area contributed by atoms with Crippen molar-refractivity contribution in [1.29, 1.82) is 0 Å². The molecule has 2 N–H and O–H groups in total. The number of nitrogens with two attached hydrogens (primary N) is 1. The fourth-order valence-electron chi connectivity index (χ4n) is 3.99. The summed E-state index contributed by atoms with van der Waals surface area (Å²) in [4.78, 5) is 25.8. The fraction of sp³-hybridized carbons (Fsp3) is 0.130. The van der Waals surface area contributed by atoms with E-state index in [2.05, 4.69) is 0 Å². The molecule has 0 aromatic heterocycles. The molecule has 1 heterocycles. The Kier molecular flexibility index (Phi) is 4.95. The Hall–Kier alpha value is -3.74. The Morgan fingerprint density at radius 3 is 2.00 bits per heavy atom. The SMILES string of the molecule is NC(=O)CN1C(=O)OC(c2cccc(F)c2)(c2cccc(F)c2)[C@@H]1c1ccccc1. The summed E-state index contributed by atoms with van der Waals surface area (Å²) in [5, 5.41) is 0. The molecule has 0 spiro atoms. The van der Waals surface area contributed by atoms with Crippen LogP contribution in [-0.2, 0) is 15.1 Å². The summed E-state index contributed by atoms with van der Waals surface area (Å²) in [5.74, 6) is -1.82. The van der Waals surface area contributed by atoms with Crippen molar-refractivity contribution in [3.8, 4) is 0 Å². The monoisotopic (exact) mass is 408 g/mol. The lowest BCUT2D eigenvalue weighted by Gasteiger charge is -2.36. The lowest BCUT2D eigenvalue weighted by atomic mass is 9.77. The first-order chi connectivity index (χ1) is 14.4. The summed E-state index contributed by atoms with van der Waals surface area (Å²) < 4.78 is 34.3. The van der Waals surface area contributed by atoms with E-state index in [-0.39, 0.29) is 0 Å². The second-order valence-electron chi connectivity index (χ2n) is 7.03. The van der Waals surface area contributed by atoms with Crippen LogP contribution >= 0.6 is 0 Å². The number of benzene rings is 3. The minimum absolute atomic E-state index is 0.308. The van der Waals surface area contributed by atoms with Gasteiger partial charge in [0.25, 0.3) is 0 Å². The third-order valence-electron chi connectivity index (χ3n) is 5.13. The zero-order valence-electron chi connectivity index (χ0n) is 15.8. The van der Waals surface area contributed by atoms with Crippen molar-refractivity contribution in [3.05, 3.63) is 107 Å². The number of nitrogens with zero attached hydrogens (tertiary/aromatic N) is 1. The van der Waals surface area contributed by atoms with Gasteiger partial charge in [0, 0.05) is 11.1 Å². The van der Waals surface area contributed by atoms with Gasteiger partial charge in [0.1, 0.15) is 24.2 Å². The first kappa shape index (κ1) is 19.6. The Balaban J connectivity index is 2.04. The normalized spacial score (nSPS) is 17.6. The second kappa shape index (κ2) is 7.59. The van der Waals surface area contributed by atoms with Gasteiger partial charge in [-0.2, -0.15) is 0 Å². The number of primary amides is 1. The summed E-state index contributed by atoms with van der Waals surface area (Å²) >= 11 is 0. The number of carbonyl (C=O) groups is 2. The van der Waals surface area contributed by atoms with E-state index >= 15 is 0 Å². The zero-order chi connectivity index (χ0) is 21.3. The maximum atomic E-state index is 14.2. The Morgan fingerprint density at radius 1 is 0.933 bits per heavy atom. The smallest absolute Gasteiger partial charge is 0.412 e. The van der Waals surface area contributed by atoms with Gasteiger partial charge in [-0.3, -0.25) is 9.69 Å². The summed E-state index contributed by atoms with van der Waals surface area (Å²) in [6.45, 7) is -0.412. The number of rotatable bonds is 5. The van der Waals surface area contributed by atoms with Crippen molar-refractivity contribution in [2.45, 2.75) is 11.6 Å². The van der Waals surface area contributed by atoms with E-state index in [9.17, 15) is 18.4 Å². The molecular formula is C23H18F2N2O3. The van der Waals surface area contributed by atoms with E-state index in [1.807, 2.05) is 0 Å². The Bertz CT molecular complexity index is 1060. The third-order valence-corrected chi connectivity index (χ3v) is 5.13. The number of amides is 2. The second-order valence-corrected chi connectivity index (χ2v) is 7.03. The molecule has 3 aromatic carbocycles. The molecule has 1 aliphatic rings. The molecule has 1 aliphatic heterocycles. The molecule has 1 saturated heterocycles. The van der Waals surface area contributed by atoms with Gasteiger partial charge in [0.2, 0.25) is 5.91 Å². The molecular weight excluding hydrogens is 390 g/mol. The van der Waals surface area contributed by atoms with Crippen LogP contribution in [0.3, 0.4) is 0 Å². The molecule has 3 aromatic rings. The fourth-order valence-corrected chi connectivity index (χ4v) is 3.99. The number of halogens is 2. The van der Waals surface area contributed by atoms with Crippen molar-refractivity contribution >= 4 is 12.0 Å². The Morgan fingerprint density at radius 2 is 1.50 bits per heavy atom. The molecule has 7 heteroatoms. The highest BCUT2D eigenvalue weighted by atomic mass is 19.1. The van der Waals surface area contributed by atoms with Crippen LogP contribution in [0.2, 0.25) is 0 Å². The van der Waals surface area contributed by atoms with E-state index in [1.54, 1.807) is 42.5 Å². The van der Waals surface area contributed by atoms with Crippen LogP contribution in [-0.4, -0.2) is 23.4 Å². The maximum Gasteiger partial charge on any atom is 0.412 e. The highest BCUT2D eigenvalue weighted by Crippen LogP contribution is 2.52. The number of carbonyl (C=O) groups excluding carboxylic acids is 2. The predicted octanol–water partition coefficient (Wildman–Crippen LogP) is 3.89. The van der Waals surface area contributed by atoms with Crippen molar-refractivity contribution in [2.75, 3.05) is 6.54 Å². The highest BCUT2D eigenvalue weighted by molar-refractivity contribution is 5.83. The quantitative estimate of drug-likeness (QED) is 0.696. The standard InChI is InChI=1S/C23H18F2N2O3/c24-18-10-4-8-16(12-18)23(17-9-5-11-19(25)13-17)21(15-6-2-1-3-7-15)27(14-20(26)28)22(29)30-23/h1-13,21H,14H2,(H2,26,28)/t21-/m0/s1. The summed E-state index contributed by atoms with van der Waals surface area (Å²) in [6, 6.07) is 19.1. The number of hydrogen-bond donors (Lipinski definition) is 1. The molecule has 0 aliphatic carbocycles. The van der Waals surface area contributed by atoms with Crippen LogP contribution in [0.4, 0.5) is 13.6 Å². The average molecular weight is 408 g/mol. The van der Waals surface area contributed by atoms with Gasteiger partial charge < -0.3 is 10.5 Å². The molecule has 0 radical (unpaired) electrons.